The summed E-state index contributed by atoms with van der Waals surface area (Å²) in [6.45, 7) is -0.441. The Balaban J connectivity index is 1.18. The fourth-order valence-corrected chi connectivity index (χ4v) is 6.37. The van der Waals surface area contributed by atoms with Gasteiger partial charge in [0.2, 0.25) is 0 Å². The number of hydrogen-bond acceptors (Lipinski definition) is 7. The van der Waals surface area contributed by atoms with Crippen LogP contribution in [0.1, 0.15) is 27.1 Å². The average Bonchev–Trinajstić information content (AvgIpc) is 3.42. The van der Waals surface area contributed by atoms with Crippen LogP contribution in [0, 0.1) is 23.7 Å². The smallest absolute Gasteiger partial charge is 0.345 e. The van der Waals surface area contributed by atoms with Gasteiger partial charge in [0.1, 0.15) is 11.9 Å². The topological polar surface area (TPSA) is 96.0 Å². The van der Waals surface area contributed by atoms with Crippen molar-refractivity contribution in [2.45, 2.75) is 17.4 Å². The predicted octanol–water partition coefficient (Wildman–Crippen LogP) is 3.86. The highest BCUT2D eigenvalue weighted by Crippen LogP contribution is 2.60. The maximum atomic E-state index is 12.7. The molecule has 0 amide bonds. The van der Waals surface area contributed by atoms with Crippen molar-refractivity contribution in [3.8, 4) is 5.75 Å². The molecule has 1 aliphatic heterocycles. The Morgan fingerprint density at radius 1 is 1.06 bits per heavy atom. The first kappa shape index (κ1) is 22.1. The van der Waals surface area contributed by atoms with Gasteiger partial charge < -0.3 is 14.2 Å². The van der Waals surface area contributed by atoms with Gasteiger partial charge in [-0.3, -0.25) is 14.4 Å². The van der Waals surface area contributed by atoms with Crippen molar-refractivity contribution in [3.05, 3.63) is 64.7 Å². The van der Waals surface area contributed by atoms with Crippen LogP contribution >= 0.6 is 27.5 Å². The number of halogens is 2. The number of hydrogen-bond donors (Lipinski definition) is 0. The van der Waals surface area contributed by atoms with Gasteiger partial charge in [0.25, 0.3) is 0 Å². The molecule has 5 rings (SSSR count). The highest BCUT2D eigenvalue weighted by atomic mass is 79.9. The van der Waals surface area contributed by atoms with Crippen molar-refractivity contribution >= 4 is 51.2 Å². The molecule has 2 saturated carbocycles. The molecule has 0 aromatic heterocycles. The Bertz CT molecular complexity index is 1150. The van der Waals surface area contributed by atoms with Gasteiger partial charge in [0.15, 0.2) is 12.4 Å². The van der Waals surface area contributed by atoms with Gasteiger partial charge >= 0.3 is 17.9 Å². The third-order valence-corrected chi connectivity index (χ3v) is 8.15. The molecular formula is C24H18BrClO7. The fourth-order valence-electron chi connectivity index (χ4n) is 5.11. The van der Waals surface area contributed by atoms with Crippen LogP contribution in [0.3, 0.4) is 0 Å². The summed E-state index contributed by atoms with van der Waals surface area (Å²) >= 11 is 9.55. The third-order valence-electron chi connectivity index (χ3n) is 6.62. The summed E-state index contributed by atoms with van der Waals surface area (Å²) in [7, 11) is 0. The first-order chi connectivity index (χ1) is 15.8. The minimum Gasteiger partial charge on any atom is -0.461 e. The molecule has 2 aliphatic carbocycles. The van der Waals surface area contributed by atoms with E-state index in [4.69, 9.17) is 25.8 Å². The van der Waals surface area contributed by atoms with E-state index in [0.717, 1.165) is 6.42 Å². The number of esters is 3. The molecule has 3 fully saturated rings. The summed E-state index contributed by atoms with van der Waals surface area (Å²) in [6.07, 6.45) is 0.558. The van der Waals surface area contributed by atoms with Crippen LogP contribution in [-0.4, -0.2) is 41.2 Å². The summed E-state index contributed by atoms with van der Waals surface area (Å²) in [6, 6.07) is 12.4. The van der Waals surface area contributed by atoms with Crippen molar-refractivity contribution in [1.29, 1.82) is 0 Å². The molecule has 1 saturated heterocycles. The lowest BCUT2D eigenvalue weighted by molar-refractivity contribution is -0.154. The van der Waals surface area contributed by atoms with Crippen molar-refractivity contribution in [2.75, 3.05) is 6.61 Å². The third kappa shape index (κ3) is 3.85. The second kappa shape index (κ2) is 8.57. The van der Waals surface area contributed by atoms with E-state index in [1.54, 1.807) is 24.3 Å². The number of carbonyl (C=O) groups excluding carboxylic acids is 4. The number of fused-ring (bicyclic) bond motifs is 1. The average molecular weight is 534 g/mol. The summed E-state index contributed by atoms with van der Waals surface area (Å²) in [5.74, 6) is -2.76. The lowest BCUT2D eigenvalue weighted by Gasteiger charge is -2.26. The molecule has 1 heterocycles. The van der Waals surface area contributed by atoms with Crippen LogP contribution in [0.5, 0.6) is 5.75 Å². The zero-order chi connectivity index (χ0) is 23.3. The Morgan fingerprint density at radius 3 is 2.52 bits per heavy atom. The quantitative estimate of drug-likeness (QED) is 0.241. The highest BCUT2D eigenvalue weighted by Gasteiger charge is 2.68. The van der Waals surface area contributed by atoms with Gasteiger partial charge in [0, 0.05) is 11.5 Å². The summed E-state index contributed by atoms with van der Waals surface area (Å²) in [5.41, 5.74) is 0.530. The summed E-state index contributed by atoms with van der Waals surface area (Å²) in [4.78, 5) is 49.6. The number of rotatable bonds is 6. The largest absolute Gasteiger partial charge is 0.461 e. The highest BCUT2D eigenvalue weighted by molar-refractivity contribution is 9.09. The number of Topliss-reactive ketones (excluding diaryl/α,β-unsaturated/α-hetero) is 1. The molecule has 0 spiro atoms. The van der Waals surface area contributed by atoms with Crippen molar-refractivity contribution in [1.82, 2.24) is 0 Å². The van der Waals surface area contributed by atoms with Crippen molar-refractivity contribution in [2.24, 2.45) is 23.7 Å². The molecule has 0 radical (unpaired) electrons. The molecule has 9 heteroatoms. The van der Waals surface area contributed by atoms with E-state index in [0.29, 0.717) is 5.56 Å². The molecule has 0 N–H and O–H groups in total. The molecule has 2 aromatic carbocycles. The molecule has 2 aromatic rings. The molecule has 170 valence electrons. The molecule has 3 aliphatic rings. The lowest BCUT2D eigenvalue weighted by Crippen LogP contribution is -2.39. The molecule has 7 nitrogen and oxygen atoms in total. The Kier molecular flexibility index (Phi) is 5.74. The first-order valence-corrected chi connectivity index (χ1v) is 11.8. The van der Waals surface area contributed by atoms with Gasteiger partial charge in [-0.1, -0.05) is 39.7 Å². The van der Waals surface area contributed by atoms with E-state index < -0.39 is 36.2 Å². The van der Waals surface area contributed by atoms with E-state index in [1.807, 2.05) is 0 Å². The predicted molar refractivity (Wildman–Crippen MR) is 119 cm³/mol. The van der Waals surface area contributed by atoms with Crippen LogP contribution in [-0.2, 0) is 19.1 Å². The van der Waals surface area contributed by atoms with E-state index in [1.165, 1.54) is 24.3 Å². The van der Waals surface area contributed by atoms with Gasteiger partial charge in [0.05, 0.1) is 27.2 Å². The molecule has 33 heavy (non-hydrogen) atoms. The van der Waals surface area contributed by atoms with Gasteiger partial charge in [-0.15, -0.1) is 0 Å². The van der Waals surface area contributed by atoms with Gasteiger partial charge in [-0.2, -0.15) is 0 Å². The SMILES string of the molecule is O=C(COC(=O)[C@@H]1[C@H]2C[C@H]3[C@H](OC(=O)[C@H]31)[C@@H]2Br)c1ccc(OC(=O)c2ccccc2Cl)cc1. The van der Waals surface area contributed by atoms with E-state index >= 15 is 0 Å². The summed E-state index contributed by atoms with van der Waals surface area (Å²) in [5, 5.41) is 0.277. The number of carbonyl (C=O) groups is 4. The minimum absolute atomic E-state index is 0.0288. The van der Waals surface area contributed by atoms with E-state index in [-0.39, 0.29) is 45.1 Å². The van der Waals surface area contributed by atoms with E-state index in [9.17, 15) is 19.2 Å². The minimum atomic E-state index is -0.614. The van der Waals surface area contributed by atoms with Crippen LogP contribution in [0.25, 0.3) is 0 Å². The summed E-state index contributed by atoms with van der Waals surface area (Å²) < 4.78 is 16.0. The Labute approximate surface area is 202 Å². The van der Waals surface area contributed by atoms with E-state index in [2.05, 4.69) is 15.9 Å². The molecule has 0 unspecified atom stereocenters. The second-order valence-corrected chi connectivity index (χ2v) is 9.85. The normalized spacial score (nSPS) is 29.0. The van der Waals surface area contributed by atoms with Crippen molar-refractivity contribution < 1.29 is 33.4 Å². The monoisotopic (exact) mass is 532 g/mol. The first-order valence-electron chi connectivity index (χ1n) is 10.5. The number of benzene rings is 2. The standard InChI is InChI=1S/C24H18BrClO7/c25-20-14-9-15-19(24(30)33-21(15)20)18(14)23(29)31-10-17(27)11-5-7-12(8-6-11)32-22(28)13-3-1-2-4-16(13)26/h1-8,14-15,18-21H,9-10H2/t14-,15-,18-,19-,20-,21+/m1/s1. The maximum absolute atomic E-state index is 12.7. The maximum Gasteiger partial charge on any atom is 0.345 e. The fraction of sp³-hybridized carbons (Fsp3) is 0.333. The van der Waals surface area contributed by atoms with Crippen LogP contribution in [0.15, 0.2) is 48.5 Å². The zero-order valence-corrected chi connectivity index (χ0v) is 19.5. The number of alkyl halides is 1. The molecular weight excluding hydrogens is 516 g/mol. The molecule has 6 atom stereocenters. The number of ether oxygens (including phenoxy) is 3. The van der Waals surface area contributed by atoms with Crippen LogP contribution < -0.4 is 4.74 Å². The van der Waals surface area contributed by atoms with Crippen molar-refractivity contribution in [3.63, 3.8) is 0 Å². The Hall–Kier alpha value is -2.71. The number of ketones is 1. The second-order valence-electron chi connectivity index (χ2n) is 8.39. The lowest BCUT2D eigenvalue weighted by atomic mass is 9.80. The molecule has 2 bridgehead atoms. The van der Waals surface area contributed by atoms with Crippen LogP contribution in [0.2, 0.25) is 5.02 Å². The zero-order valence-electron chi connectivity index (χ0n) is 17.1. The Morgan fingerprint density at radius 2 is 1.79 bits per heavy atom. The van der Waals surface area contributed by atoms with Crippen LogP contribution in [0.4, 0.5) is 0 Å². The van der Waals surface area contributed by atoms with Gasteiger partial charge in [-0.05, 0) is 48.7 Å². The van der Waals surface area contributed by atoms with Gasteiger partial charge in [-0.25, -0.2) is 4.79 Å².